The van der Waals surface area contributed by atoms with E-state index in [9.17, 15) is 0 Å². The summed E-state index contributed by atoms with van der Waals surface area (Å²) in [5, 5.41) is 4.03. The third kappa shape index (κ3) is 3.63. The molecule has 0 aliphatic rings. The van der Waals surface area contributed by atoms with Crippen molar-refractivity contribution in [2.24, 2.45) is 0 Å². The van der Waals surface area contributed by atoms with Crippen LogP contribution in [0.2, 0.25) is 0 Å². The van der Waals surface area contributed by atoms with Gasteiger partial charge in [0.15, 0.2) is 5.76 Å². The SMILES string of the molecule is COc1cc(OC)cc(OCc2cc(-c3ccccc3)on2)c1. The van der Waals surface area contributed by atoms with Crippen LogP contribution in [0, 0.1) is 0 Å². The van der Waals surface area contributed by atoms with Gasteiger partial charge in [-0.25, -0.2) is 0 Å². The summed E-state index contributed by atoms with van der Waals surface area (Å²) < 4.78 is 21.5. The number of hydrogen-bond acceptors (Lipinski definition) is 5. The second-order valence-electron chi connectivity index (χ2n) is 4.89. The number of rotatable bonds is 6. The maximum absolute atomic E-state index is 5.74. The molecule has 0 fully saturated rings. The van der Waals surface area contributed by atoms with Gasteiger partial charge in [-0.2, -0.15) is 0 Å². The quantitative estimate of drug-likeness (QED) is 0.690. The Morgan fingerprint density at radius 2 is 1.52 bits per heavy atom. The normalized spacial score (nSPS) is 10.3. The molecule has 0 spiro atoms. The summed E-state index contributed by atoms with van der Waals surface area (Å²) in [4.78, 5) is 0. The fourth-order valence-corrected chi connectivity index (χ4v) is 2.14. The first-order valence-corrected chi connectivity index (χ1v) is 7.15. The first-order chi connectivity index (χ1) is 11.3. The molecular weight excluding hydrogens is 294 g/mol. The van der Waals surface area contributed by atoms with Crippen LogP contribution in [0.4, 0.5) is 0 Å². The van der Waals surface area contributed by atoms with Crippen molar-refractivity contribution in [1.82, 2.24) is 5.16 Å². The molecule has 0 N–H and O–H groups in total. The van der Waals surface area contributed by atoms with Gasteiger partial charge in [-0.05, 0) is 0 Å². The van der Waals surface area contributed by atoms with E-state index in [4.69, 9.17) is 18.7 Å². The Labute approximate surface area is 134 Å². The highest BCUT2D eigenvalue weighted by molar-refractivity contribution is 5.56. The van der Waals surface area contributed by atoms with Gasteiger partial charge in [0.2, 0.25) is 0 Å². The Balaban J connectivity index is 1.70. The van der Waals surface area contributed by atoms with Crippen molar-refractivity contribution in [3.8, 4) is 28.6 Å². The molecule has 1 heterocycles. The van der Waals surface area contributed by atoms with Crippen molar-refractivity contribution in [3.63, 3.8) is 0 Å². The maximum atomic E-state index is 5.74. The zero-order chi connectivity index (χ0) is 16.1. The van der Waals surface area contributed by atoms with E-state index in [-0.39, 0.29) is 0 Å². The molecular formula is C18H17NO4. The van der Waals surface area contributed by atoms with Crippen molar-refractivity contribution in [1.29, 1.82) is 0 Å². The number of methoxy groups -OCH3 is 2. The summed E-state index contributed by atoms with van der Waals surface area (Å²) in [6.07, 6.45) is 0. The van der Waals surface area contributed by atoms with Gasteiger partial charge in [-0.3, -0.25) is 0 Å². The Hall–Kier alpha value is -2.95. The summed E-state index contributed by atoms with van der Waals surface area (Å²) in [6, 6.07) is 17.0. The fourth-order valence-electron chi connectivity index (χ4n) is 2.14. The number of aromatic nitrogens is 1. The van der Waals surface area contributed by atoms with Crippen molar-refractivity contribution < 1.29 is 18.7 Å². The molecule has 23 heavy (non-hydrogen) atoms. The molecule has 0 unspecified atom stereocenters. The molecule has 0 atom stereocenters. The lowest BCUT2D eigenvalue weighted by atomic mass is 10.2. The molecule has 0 amide bonds. The molecule has 0 bridgehead atoms. The molecule has 1 aromatic heterocycles. The van der Waals surface area contributed by atoms with Gasteiger partial charge in [0, 0.05) is 29.8 Å². The second kappa shape index (κ2) is 6.87. The molecule has 3 aromatic rings. The predicted molar refractivity (Wildman–Crippen MR) is 85.8 cm³/mol. The van der Waals surface area contributed by atoms with Gasteiger partial charge in [0.05, 0.1) is 14.2 Å². The summed E-state index contributed by atoms with van der Waals surface area (Å²) >= 11 is 0. The summed E-state index contributed by atoms with van der Waals surface area (Å²) in [5.41, 5.74) is 1.69. The first-order valence-electron chi connectivity index (χ1n) is 7.15. The van der Waals surface area contributed by atoms with Gasteiger partial charge < -0.3 is 18.7 Å². The Bertz CT molecular complexity index is 745. The molecule has 118 valence electrons. The molecule has 5 nitrogen and oxygen atoms in total. The van der Waals surface area contributed by atoms with Crippen molar-refractivity contribution >= 4 is 0 Å². The zero-order valence-electron chi connectivity index (χ0n) is 13.0. The van der Waals surface area contributed by atoms with Crippen LogP contribution < -0.4 is 14.2 Å². The van der Waals surface area contributed by atoms with E-state index in [2.05, 4.69) is 5.16 Å². The summed E-state index contributed by atoms with van der Waals surface area (Å²) in [5.74, 6) is 2.70. The van der Waals surface area contributed by atoms with Crippen LogP contribution in [0.5, 0.6) is 17.2 Å². The average Bonchev–Trinajstić information content (AvgIpc) is 3.09. The van der Waals surface area contributed by atoms with Crippen LogP contribution in [0.15, 0.2) is 59.1 Å². The number of nitrogens with zero attached hydrogens (tertiary/aromatic N) is 1. The van der Waals surface area contributed by atoms with Gasteiger partial charge in [-0.15, -0.1) is 0 Å². The van der Waals surface area contributed by atoms with Crippen molar-refractivity contribution in [3.05, 3.63) is 60.3 Å². The molecule has 0 radical (unpaired) electrons. The number of benzene rings is 2. The third-order valence-electron chi connectivity index (χ3n) is 3.33. The van der Waals surface area contributed by atoms with Gasteiger partial charge in [-0.1, -0.05) is 35.5 Å². The Morgan fingerprint density at radius 1 is 0.870 bits per heavy atom. The van der Waals surface area contributed by atoms with E-state index >= 15 is 0 Å². The minimum atomic E-state index is 0.298. The van der Waals surface area contributed by atoms with Gasteiger partial charge in [0.25, 0.3) is 0 Å². The largest absolute Gasteiger partial charge is 0.496 e. The summed E-state index contributed by atoms with van der Waals surface area (Å²) in [6.45, 7) is 0.298. The molecule has 2 aromatic carbocycles. The van der Waals surface area contributed by atoms with E-state index < -0.39 is 0 Å². The van der Waals surface area contributed by atoms with E-state index in [1.54, 1.807) is 32.4 Å². The van der Waals surface area contributed by atoms with E-state index in [0.29, 0.717) is 35.3 Å². The van der Waals surface area contributed by atoms with E-state index in [1.165, 1.54) is 0 Å². The number of hydrogen-bond donors (Lipinski definition) is 0. The zero-order valence-corrected chi connectivity index (χ0v) is 13.0. The highest BCUT2D eigenvalue weighted by atomic mass is 16.5. The van der Waals surface area contributed by atoms with Crippen molar-refractivity contribution in [2.75, 3.05) is 14.2 Å². The topological polar surface area (TPSA) is 53.7 Å². The third-order valence-corrected chi connectivity index (χ3v) is 3.33. The lowest BCUT2D eigenvalue weighted by molar-refractivity contribution is 0.286. The predicted octanol–water partition coefficient (Wildman–Crippen LogP) is 3.94. The lowest BCUT2D eigenvalue weighted by Gasteiger charge is -2.09. The number of ether oxygens (including phenoxy) is 3. The van der Waals surface area contributed by atoms with Crippen LogP contribution in [0.3, 0.4) is 0 Å². The van der Waals surface area contributed by atoms with Crippen LogP contribution in [-0.2, 0) is 6.61 Å². The highest BCUT2D eigenvalue weighted by Crippen LogP contribution is 2.28. The second-order valence-corrected chi connectivity index (χ2v) is 4.89. The minimum absolute atomic E-state index is 0.298. The first kappa shape index (κ1) is 15.0. The molecule has 0 aliphatic heterocycles. The Morgan fingerprint density at radius 3 is 2.17 bits per heavy atom. The summed E-state index contributed by atoms with van der Waals surface area (Å²) in [7, 11) is 3.20. The molecule has 3 rings (SSSR count). The smallest absolute Gasteiger partial charge is 0.167 e. The monoisotopic (exact) mass is 311 g/mol. The van der Waals surface area contributed by atoms with Gasteiger partial charge in [0.1, 0.15) is 29.5 Å². The Kier molecular flexibility index (Phi) is 4.47. The van der Waals surface area contributed by atoms with Crippen LogP contribution in [0.1, 0.15) is 5.69 Å². The molecule has 0 saturated heterocycles. The average molecular weight is 311 g/mol. The minimum Gasteiger partial charge on any atom is -0.496 e. The maximum Gasteiger partial charge on any atom is 0.167 e. The lowest BCUT2D eigenvalue weighted by Crippen LogP contribution is -1.96. The molecule has 5 heteroatoms. The van der Waals surface area contributed by atoms with Crippen LogP contribution in [-0.4, -0.2) is 19.4 Å². The molecule has 0 saturated carbocycles. The molecule has 0 aliphatic carbocycles. The van der Waals surface area contributed by atoms with Crippen molar-refractivity contribution in [2.45, 2.75) is 6.61 Å². The fraction of sp³-hybridized carbons (Fsp3) is 0.167. The van der Waals surface area contributed by atoms with Crippen LogP contribution in [0.25, 0.3) is 11.3 Å². The highest BCUT2D eigenvalue weighted by Gasteiger charge is 2.08. The standard InChI is InChI=1S/C18H17NO4/c1-20-15-9-16(21-2)11-17(10-15)22-12-14-8-18(23-19-14)13-6-4-3-5-7-13/h3-11H,12H2,1-2H3. The van der Waals surface area contributed by atoms with Crippen LogP contribution >= 0.6 is 0 Å². The van der Waals surface area contributed by atoms with Gasteiger partial charge >= 0.3 is 0 Å². The van der Waals surface area contributed by atoms with E-state index in [1.807, 2.05) is 36.4 Å². The van der Waals surface area contributed by atoms with E-state index in [0.717, 1.165) is 5.56 Å².